The van der Waals surface area contributed by atoms with E-state index in [1.807, 2.05) is 55.4 Å². The Morgan fingerprint density at radius 1 is 0.828 bits per heavy atom. The quantitative estimate of drug-likeness (QED) is 0.596. The molecule has 0 atom stereocenters. The first-order chi connectivity index (χ1) is 13.9. The van der Waals surface area contributed by atoms with Crippen LogP contribution < -0.4 is 20.9 Å². The van der Waals surface area contributed by atoms with Crippen molar-refractivity contribution in [2.75, 3.05) is 34.9 Å². The molecule has 0 saturated carbocycles. The Balaban J connectivity index is 1.63. The van der Waals surface area contributed by atoms with Crippen molar-refractivity contribution < 1.29 is 9.59 Å². The third-order valence-corrected chi connectivity index (χ3v) is 3.99. The average Bonchev–Trinajstić information content (AvgIpc) is 2.68. The monoisotopic (exact) mass is 390 g/mol. The molecule has 3 N–H and O–H groups in total. The van der Waals surface area contributed by atoms with Crippen LogP contribution >= 0.6 is 0 Å². The number of hydrogen-bond acceptors (Lipinski definition) is 6. The first-order valence-electron chi connectivity index (χ1n) is 8.98. The Labute approximate surface area is 169 Å². The van der Waals surface area contributed by atoms with Crippen LogP contribution in [0.3, 0.4) is 0 Å². The summed E-state index contributed by atoms with van der Waals surface area (Å²) in [6, 6.07) is 18.0. The lowest BCUT2D eigenvalue weighted by atomic mass is 10.2. The van der Waals surface area contributed by atoms with E-state index >= 15 is 0 Å². The number of nitrogens with one attached hydrogen (secondary N) is 3. The Kier molecular flexibility index (Phi) is 6.03. The second-order valence-corrected chi connectivity index (χ2v) is 6.59. The largest absolute Gasteiger partial charge is 0.378 e. The maximum Gasteiger partial charge on any atom is 0.276 e. The molecule has 0 radical (unpaired) electrons. The van der Waals surface area contributed by atoms with Crippen molar-refractivity contribution >= 4 is 40.4 Å². The van der Waals surface area contributed by atoms with E-state index in [4.69, 9.17) is 0 Å². The molecule has 0 aliphatic heterocycles. The minimum absolute atomic E-state index is 0.145. The van der Waals surface area contributed by atoms with Gasteiger partial charge >= 0.3 is 0 Å². The van der Waals surface area contributed by atoms with Crippen molar-refractivity contribution in [3.8, 4) is 0 Å². The number of nitrogens with zero attached hydrogens (tertiary/aromatic N) is 3. The number of anilines is 5. The molecule has 3 aromatic rings. The lowest BCUT2D eigenvalue weighted by Gasteiger charge is -2.13. The van der Waals surface area contributed by atoms with Crippen molar-refractivity contribution in [1.82, 2.24) is 10.2 Å². The molecule has 3 rings (SSSR count). The molecule has 2 amide bonds. The molecule has 148 valence electrons. The van der Waals surface area contributed by atoms with Gasteiger partial charge in [0, 0.05) is 43.8 Å². The van der Waals surface area contributed by atoms with E-state index in [1.54, 1.807) is 24.3 Å². The molecule has 8 heteroatoms. The van der Waals surface area contributed by atoms with Gasteiger partial charge in [-0.3, -0.25) is 9.59 Å². The summed E-state index contributed by atoms with van der Waals surface area (Å²) in [5.74, 6) is -0.000157. The SMILES string of the molecule is CC(=O)Nc1cccc(Nc2ccc(C(=O)Nc3ccc(N(C)C)cc3)nn2)c1. The van der Waals surface area contributed by atoms with Crippen LogP contribution in [0.5, 0.6) is 0 Å². The predicted octanol–water partition coefficient (Wildman–Crippen LogP) is 3.50. The van der Waals surface area contributed by atoms with Crippen molar-refractivity contribution in [2.24, 2.45) is 0 Å². The number of rotatable bonds is 6. The summed E-state index contributed by atoms with van der Waals surface area (Å²) in [6.45, 7) is 1.45. The van der Waals surface area contributed by atoms with Crippen LogP contribution in [0.25, 0.3) is 0 Å². The van der Waals surface area contributed by atoms with E-state index in [0.29, 0.717) is 17.2 Å². The van der Waals surface area contributed by atoms with Gasteiger partial charge in [-0.25, -0.2) is 0 Å². The standard InChI is InChI=1S/C21H22N6O2/c1-14(28)22-16-5-4-6-17(13-16)23-20-12-11-19(25-26-20)21(29)24-15-7-9-18(10-8-15)27(2)3/h4-13H,1-3H3,(H,22,28)(H,23,26)(H,24,29). The molecule has 0 aliphatic rings. The normalized spacial score (nSPS) is 10.2. The highest BCUT2D eigenvalue weighted by atomic mass is 16.2. The molecule has 0 unspecified atom stereocenters. The fourth-order valence-corrected chi connectivity index (χ4v) is 2.58. The first kappa shape index (κ1) is 19.8. The summed E-state index contributed by atoms with van der Waals surface area (Å²) in [4.78, 5) is 25.5. The molecular formula is C21H22N6O2. The van der Waals surface area contributed by atoms with Crippen molar-refractivity contribution in [1.29, 1.82) is 0 Å². The van der Waals surface area contributed by atoms with Crippen LogP contribution in [-0.2, 0) is 4.79 Å². The summed E-state index contributed by atoms with van der Waals surface area (Å²) >= 11 is 0. The van der Waals surface area contributed by atoms with Crippen LogP contribution in [0.4, 0.5) is 28.6 Å². The number of hydrogen-bond donors (Lipinski definition) is 3. The van der Waals surface area contributed by atoms with E-state index in [-0.39, 0.29) is 17.5 Å². The Bertz CT molecular complexity index is 1000. The Morgan fingerprint density at radius 2 is 1.55 bits per heavy atom. The lowest BCUT2D eigenvalue weighted by molar-refractivity contribution is -0.114. The summed E-state index contributed by atoms with van der Waals surface area (Å²) in [7, 11) is 3.91. The van der Waals surface area contributed by atoms with Crippen LogP contribution in [-0.4, -0.2) is 36.1 Å². The van der Waals surface area contributed by atoms with E-state index in [0.717, 1.165) is 11.4 Å². The minimum atomic E-state index is -0.339. The van der Waals surface area contributed by atoms with Crippen LogP contribution in [0, 0.1) is 0 Å². The zero-order valence-corrected chi connectivity index (χ0v) is 16.4. The highest BCUT2D eigenvalue weighted by molar-refractivity contribution is 6.02. The molecule has 8 nitrogen and oxygen atoms in total. The van der Waals surface area contributed by atoms with Crippen LogP contribution in [0.2, 0.25) is 0 Å². The maximum atomic E-state index is 12.4. The van der Waals surface area contributed by atoms with Gasteiger partial charge in [0.2, 0.25) is 5.91 Å². The molecule has 0 fully saturated rings. The second kappa shape index (κ2) is 8.83. The van der Waals surface area contributed by atoms with Gasteiger partial charge in [-0.2, -0.15) is 0 Å². The number of benzene rings is 2. The van der Waals surface area contributed by atoms with Gasteiger partial charge in [-0.1, -0.05) is 6.07 Å². The van der Waals surface area contributed by atoms with Gasteiger partial charge in [0.15, 0.2) is 11.5 Å². The van der Waals surface area contributed by atoms with Crippen molar-refractivity contribution in [3.05, 3.63) is 66.4 Å². The number of carbonyl (C=O) groups excluding carboxylic acids is 2. The zero-order chi connectivity index (χ0) is 20.8. The summed E-state index contributed by atoms with van der Waals surface area (Å²) < 4.78 is 0. The fourth-order valence-electron chi connectivity index (χ4n) is 2.58. The molecule has 2 aromatic carbocycles. The third-order valence-electron chi connectivity index (χ3n) is 3.99. The van der Waals surface area contributed by atoms with E-state index < -0.39 is 0 Å². The van der Waals surface area contributed by atoms with Gasteiger partial charge in [0.25, 0.3) is 5.91 Å². The molecule has 0 saturated heterocycles. The number of carbonyl (C=O) groups is 2. The van der Waals surface area contributed by atoms with Crippen LogP contribution in [0.15, 0.2) is 60.7 Å². The average molecular weight is 390 g/mol. The van der Waals surface area contributed by atoms with Gasteiger partial charge in [-0.15, -0.1) is 10.2 Å². The molecule has 0 aliphatic carbocycles. The van der Waals surface area contributed by atoms with E-state index in [9.17, 15) is 9.59 Å². The Morgan fingerprint density at radius 3 is 2.17 bits per heavy atom. The zero-order valence-electron chi connectivity index (χ0n) is 16.4. The lowest BCUT2D eigenvalue weighted by Crippen LogP contribution is -2.15. The molecule has 0 spiro atoms. The summed E-state index contributed by atoms with van der Waals surface area (Å²) in [5.41, 5.74) is 3.34. The fraction of sp³-hybridized carbons (Fsp3) is 0.143. The smallest absolute Gasteiger partial charge is 0.276 e. The summed E-state index contributed by atoms with van der Waals surface area (Å²) in [6.07, 6.45) is 0. The maximum absolute atomic E-state index is 12.4. The van der Waals surface area contributed by atoms with E-state index in [1.165, 1.54) is 6.92 Å². The predicted molar refractivity (Wildman–Crippen MR) is 115 cm³/mol. The molecule has 1 heterocycles. The van der Waals surface area contributed by atoms with Gasteiger partial charge in [0.05, 0.1) is 0 Å². The second-order valence-electron chi connectivity index (χ2n) is 6.59. The molecule has 0 bridgehead atoms. The molecule has 1 aromatic heterocycles. The first-order valence-corrected chi connectivity index (χ1v) is 8.98. The molecule has 29 heavy (non-hydrogen) atoms. The molecular weight excluding hydrogens is 368 g/mol. The van der Waals surface area contributed by atoms with Crippen molar-refractivity contribution in [3.63, 3.8) is 0 Å². The third kappa shape index (κ3) is 5.52. The highest BCUT2D eigenvalue weighted by Gasteiger charge is 2.09. The van der Waals surface area contributed by atoms with Gasteiger partial charge in [-0.05, 0) is 54.6 Å². The van der Waals surface area contributed by atoms with Gasteiger partial charge < -0.3 is 20.9 Å². The summed E-state index contributed by atoms with van der Waals surface area (Å²) in [5, 5.41) is 16.6. The van der Waals surface area contributed by atoms with Crippen molar-refractivity contribution in [2.45, 2.75) is 6.92 Å². The number of amides is 2. The minimum Gasteiger partial charge on any atom is -0.378 e. The van der Waals surface area contributed by atoms with Crippen LogP contribution in [0.1, 0.15) is 17.4 Å². The number of aromatic nitrogens is 2. The topological polar surface area (TPSA) is 99.2 Å². The highest BCUT2D eigenvalue weighted by Crippen LogP contribution is 2.19. The van der Waals surface area contributed by atoms with Gasteiger partial charge in [0.1, 0.15) is 0 Å². The van der Waals surface area contributed by atoms with E-state index in [2.05, 4.69) is 26.1 Å². The Hall–Kier alpha value is -3.94.